The molecule has 14 heteroatoms. The van der Waals surface area contributed by atoms with Gasteiger partial charge in [0.15, 0.2) is 12.2 Å². The van der Waals surface area contributed by atoms with Gasteiger partial charge in [-0.05, 0) is 50.0 Å². The quantitative estimate of drug-likeness (QED) is 0.245. The summed E-state index contributed by atoms with van der Waals surface area (Å²) in [7, 11) is 0. The molecule has 40 heavy (non-hydrogen) atoms. The highest BCUT2D eigenvalue weighted by Crippen LogP contribution is 2.31. The fraction of sp³-hybridized carbons (Fsp3) is 0.538. The second-order valence-corrected chi connectivity index (χ2v) is 10.4. The van der Waals surface area contributed by atoms with Gasteiger partial charge >= 0.3 is 11.9 Å². The summed E-state index contributed by atoms with van der Waals surface area (Å²) in [5, 5.41) is 36.6. The fourth-order valence-corrected chi connectivity index (χ4v) is 4.87. The molecule has 3 heterocycles. The van der Waals surface area contributed by atoms with E-state index in [0.29, 0.717) is 72.2 Å². The van der Waals surface area contributed by atoms with Crippen molar-refractivity contribution < 1.29 is 43.9 Å². The van der Waals surface area contributed by atoms with Gasteiger partial charge in [-0.25, -0.2) is 14.0 Å². The molecular formula is C26H34ClFN4O8. The molecule has 0 radical (unpaired) electrons. The number of carbonyl (C=O) groups is 3. The van der Waals surface area contributed by atoms with Gasteiger partial charge in [0.1, 0.15) is 5.67 Å². The van der Waals surface area contributed by atoms with Gasteiger partial charge in [0, 0.05) is 50.7 Å². The number of benzene rings is 1. The number of aliphatic hydroxyl groups excluding tert-OH is 2. The minimum atomic E-state index is -2.27. The third-order valence-corrected chi connectivity index (χ3v) is 7.40. The van der Waals surface area contributed by atoms with E-state index in [1.165, 1.54) is 0 Å². The predicted octanol–water partition coefficient (Wildman–Crippen LogP) is 1.31. The van der Waals surface area contributed by atoms with Crippen molar-refractivity contribution in [3.8, 4) is 0 Å². The van der Waals surface area contributed by atoms with E-state index in [0.717, 1.165) is 25.9 Å². The molecule has 2 aliphatic heterocycles. The third-order valence-electron chi connectivity index (χ3n) is 7.09. The van der Waals surface area contributed by atoms with E-state index >= 15 is 0 Å². The van der Waals surface area contributed by atoms with Gasteiger partial charge in [-0.15, -0.1) is 0 Å². The number of pyridine rings is 1. The van der Waals surface area contributed by atoms with E-state index in [4.69, 9.17) is 42.5 Å². The highest BCUT2D eigenvalue weighted by atomic mass is 35.5. The fourth-order valence-electron chi connectivity index (χ4n) is 4.66. The number of halogens is 2. The molecule has 2 aromatic rings. The number of ether oxygens (including phenoxy) is 1. The maximum absolute atomic E-state index is 14.9. The summed E-state index contributed by atoms with van der Waals surface area (Å²) < 4.78 is 20.2. The lowest BCUT2D eigenvalue weighted by atomic mass is 9.92. The summed E-state index contributed by atoms with van der Waals surface area (Å²) >= 11 is 6.22. The maximum atomic E-state index is 14.9. The van der Waals surface area contributed by atoms with Crippen LogP contribution in [0.2, 0.25) is 5.02 Å². The van der Waals surface area contributed by atoms with E-state index < -0.39 is 29.8 Å². The smallest absolute Gasteiger partial charge is 0.335 e. The minimum absolute atomic E-state index is 0.201. The number of rotatable bonds is 8. The lowest BCUT2D eigenvalue weighted by molar-refractivity contribution is -0.165. The third kappa shape index (κ3) is 8.21. The SMILES string of the molecule is Nc1c(Cl)cc(C(=O)NCC2CCN(CC3(F)CCOCC3)CC2)c2ncccc12.O=C(O)C(O)C(O)C(=O)O. The number of nitrogens with two attached hydrogens (primary N) is 1. The van der Waals surface area contributed by atoms with Crippen LogP contribution in [0.25, 0.3) is 10.9 Å². The number of piperidine rings is 1. The van der Waals surface area contributed by atoms with Crippen molar-refractivity contribution in [2.24, 2.45) is 5.92 Å². The van der Waals surface area contributed by atoms with Crippen LogP contribution in [0.3, 0.4) is 0 Å². The van der Waals surface area contributed by atoms with Crippen LogP contribution < -0.4 is 11.1 Å². The molecule has 1 aromatic carbocycles. The zero-order valence-electron chi connectivity index (χ0n) is 21.8. The second-order valence-electron chi connectivity index (χ2n) is 9.98. The van der Waals surface area contributed by atoms with Crippen LogP contribution in [0.5, 0.6) is 0 Å². The Morgan fingerprint density at radius 1 is 1.18 bits per heavy atom. The van der Waals surface area contributed by atoms with Crippen molar-refractivity contribution in [1.82, 2.24) is 15.2 Å². The summed E-state index contributed by atoms with van der Waals surface area (Å²) in [6.45, 7) is 3.79. The molecule has 2 aliphatic rings. The summed E-state index contributed by atoms with van der Waals surface area (Å²) in [6, 6.07) is 5.16. The molecule has 12 nitrogen and oxygen atoms in total. The number of nitrogens with one attached hydrogen (secondary N) is 1. The molecule has 0 bridgehead atoms. The number of nitrogens with zero attached hydrogens (tertiary/aromatic N) is 2. The number of carboxylic acids is 2. The van der Waals surface area contributed by atoms with Gasteiger partial charge in [0.25, 0.3) is 5.91 Å². The molecule has 2 unspecified atom stereocenters. The molecule has 0 aliphatic carbocycles. The zero-order valence-corrected chi connectivity index (χ0v) is 22.5. The standard InChI is InChI=1S/C22H28ClFN4O2.C4H6O6/c23-18-12-17(20-16(19(18)25)2-1-7-26-20)21(29)27-13-15-3-8-28(9-4-15)14-22(24)5-10-30-11-6-22;5-1(3(7)8)2(6)4(9)10/h1-2,7,12,15H,3-6,8-11,13-14,25H2,(H,27,29);1-2,5-6H,(H,7,8)(H,9,10). The molecule has 1 aromatic heterocycles. The molecule has 7 N–H and O–H groups in total. The molecule has 0 saturated carbocycles. The average molecular weight is 585 g/mol. The van der Waals surface area contributed by atoms with Crippen molar-refractivity contribution in [1.29, 1.82) is 0 Å². The Labute approximate surface area is 234 Å². The first-order chi connectivity index (χ1) is 18.9. The summed E-state index contributed by atoms with van der Waals surface area (Å²) in [5.74, 6) is -3.36. The average Bonchev–Trinajstić information content (AvgIpc) is 2.94. The zero-order chi connectivity index (χ0) is 29.4. The van der Waals surface area contributed by atoms with Gasteiger partial charge in [0.2, 0.25) is 0 Å². The highest BCUT2D eigenvalue weighted by molar-refractivity contribution is 6.35. The van der Waals surface area contributed by atoms with Crippen LogP contribution in [-0.4, -0.2) is 105 Å². The molecule has 2 atom stereocenters. The van der Waals surface area contributed by atoms with Crippen LogP contribution in [0.4, 0.5) is 10.1 Å². The first-order valence-electron chi connectivity index (χ1n) is 12.8. The van der Waals surface area contributed by atoms with E-state index in [1.807, 2.05) is 6.07 Å². The number of fused-ring (bicyclic) bond motifs is 1. The number of carbonyl (C=O) groups excluding carboxylic acids is 1. The van der Waals surface area contributed by atoms with E-state index in [-0.39, 0.29) is 5.91 Å². The van der Waals surface area contributed by atoms with Crippen molar-refractivity contribution >= 4 is 46.0 Å². The first kappa shape index (κ1) is 31.4. The Kier molecular flexibility index (Phi) is 11.0. The molecule has 220 valence electrons. The highest BCUT2D eigenvalue weighted by Gasteiger charge is 2.35. The molecule has 0 spiro atoms. The Balaban J connectivity index is 0.000000378. The van der Waals surface area contributed by atoms with Gasteiger partial charge < -0.3 is 41.1 Å². The molecular weight excluding hydrogens is 551 g/mol. The number of alkyl halides is 1. The first-order valence-corrected chi connectivity index (χ1v) is 13.2. The lowest BCUT2D eigenvalue weighted by Crippen LogP contribution is -2.47. The van der Waals surface area contributed by atoms with Crippen LogP contribution in [0.1, 0.15) is 36.0 Å². The van der Waals surface area contributed by atoms with Gasteiger partial charge in [-0.1, -0.05) is 11.6 Å². The van der Waals surface area contributed by atoms with Gasteiger partial charge in [-0.2, -0.15) is 0 Å². The van der Waals surface area contributed by atoms with Crippen LogP contribution in [0, 0.1) is 5.92 Å². The summed E-state index contributed by atoms with van der Waals surface area (Å²) in [6.07, 6.45) is -0.0550. The van der Waals surface area contributed by atoms with Crippen LogP contribution in [0.15, 0.2) is 24.4 Å². The maximum Gasteiger partial charge on any atom is 0.335 e. The number of anilines is 1. The summed E-state index contributed by atoms with van der Waals surface area (Å²) in [5.41, 5.74) is 6.32. The van der Waals surface area contributed by atoms with E-state index in [9.17, 15) is 18.8 Å². The van der Waals surface area contributed by atoms with Gasteiger partial charge in [0.05, 0.1) is 21.8 Å². The molecule has 2 saturated heterocycles. The Bertz CT molecular complexity index is 1190. The number of aromatic nitrogens is 1. The number of likely N-dealkylation sites (tertiary alicyclic amines) is 1. The largest absolute Gasteiger partial charge is 0.479 e. The Morgan fingerprint density at radius 2 is 1.77 bits per heavy atom. The van der Waals surface area contributed by atoms with Crippen LogP contribution >= 0.6 is 11.6 Å². The minimum Gasteiger partial charge on any atom is -0.479 e. The number of hydrogen-bond donors (Lipinski definition) is 6. The van der Waals surface area contributed by atoms with Crippen molar-refractivity contribution in [3.63, 3.8) is 0 Å². The Hall–Kier alpha value is -3.10. The number of hydrogen-bond acceptors (Lipinski definition) is 9. The second kappa shape index (κ2) is 14.0. The van der Waals surface area contributed by atoms with Crippen molar-refractivity contribution in [2.45, 2.75) is 43.6 Å². The Morgan fingerprint density at radius 3 is 2.35 bits per heavy atom. The number of carboxylic acid groups (broad SMARTS) is 2. The molecule has 1 amide bonds. The number of amides is 1. The number of nitrogen functional groups attached to an aromatic ring is 1. The van der Waals surface area contributed by atoms with Crippen molar-refractivity contribution in [2.75, 3.05) is 45.1 Å². The van der Waals surface area contributed by atoms with E-state index in [2.05, 4.69) is 15.2 Å². The number of aliphatic hydroxyl groups is 2. The lowest BCUT2D eigenvalue weighted by Gasteiger charge is -2.38. The normalized spacial score (nSPS) is 19.2. The molecule has 4 rings (SSSR count). The predicted molar refractivity (Wildman–Crippen MR) is 144 cm³/mol. The monoisotopic (exact) mass is 584 g/mol. The topological polar surface area (TPSA) is 196 Å². The number of aliphatic carboxylic acids is 2. The van der Waals surface area contributed by atoms with Gasteiger partial charge in [-0.3, -0.25) is 9.78 Å². The van der Waals surface area contributed by atoms with Crippen LogP contribution in [-0.2, 0) is 14.3 Å². The van der Waals surface area contributed by atoms with E-state index in [1.54, 1.807) is 18.3 Å². The molecule has 2 fully saturated rings. The summed E-state index contributed by atoms with van der Waals surface area (Å²) in [4.78, 5) is 38.9. The van der Waals surface area contributed by atoms with Crippen molar-refractivity contribution in [3.05, 3.63) is 35.0 Å².